The van der Waals surface area contributed by atoms with Gasteiger partial charge in [-0.1, -0.05) is 34.6 Å². The first-order valence-corrected chi connectivity index (χ1v) is 12.2. The third-order valence-electron chi connectivity index (χ3n) is 7.10. The molecule has 0 spiro atoms. The van der Waals surface area contributed by atoms with E-state index in [4.69, 9.17) is 4.98 Å². The Morgan fingerprint density at radius 3 is 2.56 bits per heavy atom. The standard InChI is InChI=1S/C27H37N5O2/c1-26(2,3)17-32-21-8-7-20(29-24(21)31(6)25(32)34)19-9-12-27(4,5)22(16-19)30-23(33)15-18-10-13-28-14-11-18/h7-8,10-11,13-14,19,22H,9,12,15-17H2,1-6H3,(H,30,33). The quantitative estimate of drug-likeness (QED) is 0.615. The van der Waals surface area contributed by atoms with Crippen LogP contribution in [0.15, 0.2) is 41.5 Å². The normalized spacial score (nSPS) is 20.4. The van der Waals surface area contributed by atoms with Crippen molar-refractivity contribution in [2.75, 3.05) is 0 Å². The second-order valence-corrected chi connectivity index (χ2v) is 11.7. The second-order valence-electron chi connectivity index (χ2n) is 11.7. The van der Waals surface area contributed by atoms with E-state index in [1.54, 1.807) is 24.0 Å². The Balaban J connectivity index is 1.56. The van der Waals surface area contributed by atoms with Crippen molar-refractivity contribution in [3.63, 3.8) is 0 Å². The predicted molar refractivity (Wildman–Crippen MR) is 135 cm³/mol. The molecule has 1 aliphatic rings. The fourth-order valence-corrected chi connectivity index (χ4v) is 5.04. The maximum absolute atomic E-state index is 12.9. The Kier molecular flexibility index (Phi) is 6.40. The van der Waals surface area contributed by atoms with Gasteiger partial charge in [0, 0.05) is 43.6 Å². The lowest BCUT2D eigenvalue weighted by atomic mass is 9.68. The van der Waals surface area contributed by atoms with Crippen molar-refractivity contribution in [3.8, 4) is 0 Å². The second kappa shape index (κ2) is 9.01. The van der Waals surface area contributed by atoms with E-state index in [0.29, 0.717) is 13.0 Å². The summed E-state index contributed by atoms with van der Waals surface area (Å²) in [6.45, 7) is 11.5. The van der Waals surface area contributed by atoms with Crippen molar-refractivity contribution in [2.45, 2.75) is 78.8 Å². The van der Waals surface area contributed by atoms with E-state index in [0.717, 1.165) is 41.7 Å². The molecule has 1 amide bonds. The summed E-state index contributed by atoms with van der Waals surface area (Å²) in [5, 5.41) is 3.30. The van der Waals surface area contributed by atoms with Crippen LogP contribution in [0.4, 0.5) is 0 Å². The molecule has 1 saturated carbocycles. The molecule has 34 heavy (non-hydrogen) atoms. The number of pyridine rings is 2. The lowest BCUT2D eigenvalue weighted by Crippen LogP contribution is -2.48. The van der Waals surface area contributed by atoms with Crippen LogP contribution in [0.2, 0.25) is 0 Å². The third-order valence-corrected chi connectivity index (χ3v) is 7.10. The van der Waals surface area contributed by atoms with Gasteiger partial charge < -0.3 is 5.32 Å². The molecule has 3 aromatic rings. The highest BCUT2D eigenvalue weighted by atomic mass is 16.2. The number of amides is 1. The summed E-state index contributed by atoms with van der Waals surface area (Å²) in [6, 6.07) is 7.93. The van der Waals surface area contributed by atoms with Gasteiger partial charge in [-0.25, -0.2) is 9.78 Å². The molecule has 7 heteroatoms. The average molecular weight is 464 g/mol. The fraction of sp³-hybridized carbons (Fsp3) is 0.556. The van der Waals surface area contributed by atoms with E-state index < -0.39 is 0 Å². The summed E-state index contributed by atoms with van der Waals surface area (Å²) in [4.78, 5) is 34.7. The van der Waals surface area contributed by atoms with E-state index in [1.807, 2.05) is 22.8 Å². The number of aromatic nitrogens is 4. The fourth-order valence-electron chi connectivity index (χ4n) is 5.04. The maximum atomic E-state index is 12.9. The Labute approximate surface area is 201 Å². The molecular weight excluding hydrogens is 426 g/mol. The van der Waals surface area contributed by atoms with Gasteiger partial charge in [-0.2, -0.15) is 0 Å². The van der Waals surface area contributed by atoms with Gasteiger partial charge in [-0.05, 0) is 59.9 Å². The van der Waals surface area contributed by atoms with Crippen LogP contribution in [0.5, 0.6) is 0 Å². The van der Waals surface area contributed by atoms with Crippen molar-refractivity contribution in [1.29, 1.82) is 0 Å². The molecule has 0 radical (unpaired) electrons. The smallest absolute Gasteiger partial charge is 0.330 e. The maximum Gasteiger partial charge on any atom is 0.330 e. The van der Waals surface area contributed by atoms with Crippen molar-refractivity contribution in [1.82, 2.24) is 24.4 Å². The van der Waals surface area contributed by atoms with Crippen molar-refractivity contribution in [3.05, 3.63) is 58.4 Å². The monoisotopic (exact) mass is 463 g/mol. The van der Waals surface area contributed by atoms with E-state index in [2.05, 4.69) is 51.0 Å². The minimum absolute atomic E-state index is 0.00652. The minimum atomic E-state index is -0.0272. The van der Waals surface area contributed by atoms with E-state index in [1.165, 1.54) is 0 Å². The molecule has 1 fully saturated rings. The molecule has 3 aromatic heterocycles. The topological polar surface area (TPSA) is 81.8 Å². The SMILES string of the molecule is Cn1c(=O)n(CC(C)(C)C)c2ccc(C3CCC(C)(C)C(NC(=O)Cc4ccncc4)C3)nc21. The Bertz CT molecular complexity index is 1230. The molecular formula is C27H37N5O2. The van der Waals surface area contributed by atoms with Crippen LogP contribution in [0.3, 0.4) is 0 Å². The number of hydrogen-bond donors (Lipinski definition) is 1. The Morgan fingerprint density at radius 2 is 1.88 bits per heavy atom. The number of nitrogens with one attached hydrogen (secondary N) is 1. The molecule has 0 aliphatic heterocycles. The summed E-state index contributed by atoms with van der Waals surface area (Å²) in [5.74, 6) is 0.278. The average Bonchev–Trinajstić information content (AvgIpc) is 2.99. The van der Waals surface area contributed by atoms with E-state index in [9.17, 15) is 9.59 Å². The molecule has 4 rings (SSSR count). The van der Waals surface area contributed by atoms with Crippen LogP contribution in [0, 0.1) is 10.8 Å². The largest absolute Gasteiger partial charge is 0.353 e. The number of carbonyl (C=O) groups excluding carboxylic acids is 1. The zero-order chi connectivity index (χ0) is 24.7. The number of imidazole rings is 1. The first-order valence-electron chi connectivity index (χ1n) is 12.2. The predicted octanol–water partition coefficient (Wildman–Crippen LogP) is 4.20. The molecule has 0 aromatic carbocycles. The van der Waals surface area contributed by atoms with Crippen LogP contribution in [0.25, 0.3) is 11.2 Å². The van der Waals surface area contributed by atoms with Crippen LogP contribution in [0.1, 0.15) is 71.1 Å². The number of nitrogens with zero attached hydrogens (tertiary/aromatic N) is 4. The van der Waals surface area contributed by atoms with Crippen molar-refractivity contribution in [2.24, 2.45) is 17.9 Å². The van der Waals surface area contributed by atoms with Gasteiger partial charge in [-0.3, -0.25) is 18.9 Å². The van der Waals surface area contributed by atoms with Crippen LogP contribution in [-0.4, -0.2) is 31.1 Å². The Hall–Kier alpha value is -2.96. The van der Waals surface area contributed by atoms with Crippen LogP contribution in [-0.2, 0) is 24.8 Å². The number of aryl methyl sites for hydroxylation is 1. The van der Waals surface area contributed by atoms with Gasteiger partial charge in [0.05, 0.1) is 11.9 Å². The van der Waals surface area contributed by atoms with Gasteiger partial charge in [0.15, 0.2) is 5.65 Å². The van der Waals surface area contributed by atoms with E-state index >= 15 is 0 Å². The highest BCUT2D eigenvalue weighted by molar-refractivity contribution is 5.79. The highest BCUT2D eigenvalue weighted by Crippen LogP contribution is 2.42. The molecule has 2 atom stereocenters. The van der Waals surface area contributed by atoms with Gasteiger partial charge in [0.25, 0.3) is 0 Å². The molecule has 1 aliphatic carbocycles. The summed E-state index contributed by atoms with van der Waals surface area (Å²) < 4.78 is 3.49. The zero-order valence-corrected chi connectivity index (χ0v) is 21.3. The highest BCUT2D eigenvalue weighted by Gasteiger charge is 2.38. The van der Waals surface area contributed by atoms with Crippen LogP contribution >= 0.6 is 0 Å². The molecule has 3 heterocycles. The van der Waals surface area contributed by atoms with Gasteiger partial charge in [0.2, 0.25) is 5.91 Å². The molecule has 182 valence electrons. The van der Waals surface area contributed by atoms with Gasteiger partial charge in [-0.15, -0.1) is 0 Å². The molecule has 0 saturated heterocycles. The number of rotatable bonds is 5. The van der Waals surface area contributed by atoms with Gasteiger partial charge >= 0.3 is 5.69 Å². The van der Waals surface area contributed by atoms with Crippen molar-refractivity contribution < 1.29 is 4.79 Å². The summed E-state index contributed by atoms with van der Waals surface area (Å²) >= 11 is 0. The molecule has 2 unspecified atom stereocenters. The summed E-state index contributed by atoms with van der Waals surface area (Å²) in [5.41, 5.74) is 3.55. The third kappa shape index (κ3) is 5.08. The number of hydrogen-bond acceptors (Lipinski definition) is 4. The zero-order valence-electron chi connectivity index (χ0n) is 21.3. The molecule has 7 nitrogen and oxygen atoms in total. The van der Waals surface area contributed by atoms with Crippen molar-refractivity contribution >= 4 is 17.1 Å². The lowest BCUT2D eigenvalue weighted by Gasteiger charge is -2.42. The Morgan fingerprint density at radius 1 is 1.18 bits per heavy atom. The van der Waals surface area contributed by atoms with E-state index in [-0.39, 0.29) is 34.4 Å². The van der Waals surface area contributed by atoms with Crippen LogP contribution < -0.4 is 11.0 Å². The number of carbonyl (C=O) groups is 1. The first kappa shape index (κ1) is 24.2. The number of fused-ring (bicyclic) bond motifs is 1. The summed E-state index contributed by atoms with van der Waals surface area (Å²) in [6.07, 6.45) is 6.64. The summed E-state index contributed by atoms with van der Waals surface area (Å²) in [7, 11) is 1.80. The molecule has 1 N–H and O–H groups in total. The first-order chi connectivity index (χ1) is 15.9. The molecule has 0 bridgehead atoms. The lowest BCUT2D eigenvalue weighted by molar-refractivity contribution is -0.122. The minimum Gasteiger partial charge on any atom is -0.353 e. The van der Waals surface area contributed by atoms with Gasteiger partial charge in [0.1, 0.15) is 0 Å².